The zero-order chi connectivity index (χ0) is 20.7. The molecule has 1 N–H and O–H groups in total. The molecule has 0 aliphatic carbocycles. The number of aromatic hydroxyl groups is 1. The van der Waals surface area contributed by atoms with Crippen molar-refractivity contribution in [2.24, 2.45) is 0 Å². The summed E-state index contributed by atoms with van der Waals surface area (Å²) in [7, 11) is 0. The molecule has 0 saturated carbocycles. The first-order chi connectivity index (χ1) is 14.7. The van der Waals surface area contributed by atoms with Crippen LogP contribution in [0.25, 0.3) is 0 Å². The zero-order valence-electron chi connectivity index (χ0n) is 16.2. The quantitative estimate of drug-likeness (QED) is 0.725. The number of benzene rings is 2. The van der Waals surface area contributed by atoms with Crippen LogP contribution in [0.3, 0.4) is 0 Å². The molecule has 2 aliphatic rings. The number of rotatable bonds is 3. The van der Waals surface area contributed by atoms with E-state index in [-0.39, 0.29) is 29.6 Å². The van der Waals surface area contributed by atoms with E-state index < -0.39 is 11.2 Å². The lowest BCUT2D eigenvalue weighted by atomic mass is 9.80. The fourth-order valence-corrected chi connectivity index (χ4v) is 4.61. The van der Waals surface area contributed by atoms with Gasteiger partial charge in [-0.1, -0.05) is 60.7 Å². The fourth-order valence-electron chi connectivity index (χ4n) is 4.61. The number of ether oxygens (including phenoxy) is 1. The molecule has 1 saturated heterocycles. The summed E-state index contributed by atoms with van der Waals surface area (Å²) in [6.45, 7) is 1.18. The Morgan fingerprint density at radius 3 is 2.27 bits per heavy atom. The van der Waals surface area contributed by atoms with Gasteiger partial charge in [0.1, 0.15) is 0 Å². The van der Waals surface area contributed by atoms with E-state index in [9.17, 15) is 14.7 Å². The molecule has 3 aromatic rings. The van der Waals surface area contributed by atoms with Crippen LogP contribution in [0.1, 0.15) is 33.6 Å². The first kappa shape index (κ1) is 18.6. The predicted octanol–water partition coefficient (Wildman–Crippen LogP) is 2.18. The van der Waals surface area contributed by atoms with E-state index in [4.69, 9.17) is 4.74 Å². The molecule has 2 aliphatic heterocycles. The highest BCUT2D eigenvalue weighted by molar-refractivity contribution is 5.96. The van der Waals surface area contributed by atoms with Gasteiger partial charge in [-0.05, 0) is 11.1 Å². The second-order valence-corrected chi connectivity index (χ2v) is 7.58. The summed E-state index contributed by atoms with van der Waals surface area (Å²) in [4.78, 5) is 27.0. The molecular weight excluding hydrogens is 382 g/mol. The smallest absolute Gasteiger partial charge is 0.276 e. The fraction of sp³-hybridized carbons (Fsp3) is 0.261. The number of carbonyl (C=O) groups is 1. The highest BCUT2D eigenvalue weighted by Crippen LogP contribution is 2.43. The third-order valence-corrected chi connectivity index (χ3v) is 5.95. The van der Waals surface area contributed by atoms with Crippen LogP contribution in [0, 0.1) is 0 Å². The Hall–Kier alpha value is -3.45. The van der Waals surface area contributed by atoms with Crippen molar-refractivity contribution in [1.29, 1.82) is 0 Å². The average molecular weight is 403 g/mol. The van der Waals surface area contributed by atoms with E-state index in [1.807, 2.05) is 60.7 Å². The van der Waals surface area contributed by atoms with Crippen LogP contribution in [0.2, 0.25) is 0 Å². The van der Waals surface area contributed by atoms with Crippen molar-refractivity contribution in [2.45, 2.75) is 18.0 Å². The van der Waals surface area contributed by atoms with Gasteiger partial charge in [-0.2, -0.15) is 5.10 Å². The maximum absolute atomic E-state index is 13.2. The van der Waals surface area contributed by atoms with Gasteiger partial charge in [0, 0.05) is 12.5 Å². The summed E-state index contributed by atoms with van der Waals surface area (Å²) in [6, 6.07) is 19.4. The summed E-state index contributed by atoms with van der Waals surface area (Å²) in [5.74, 6) is -1.10. The summed E-state index contributed by atoms with van der Waals surface area (Å²) in [5, 5.41) is 14.8. The summed E-state index contributed by atoms with van der Waals surface area (Å²) < 4.78 is 7.28. The first-order valence-electron chi connectivity index (χ1n) is 9.96. The molecule has 7 heteroatoms. The number of amides is 1. The van der Waals surface area contributed by atoms with Crippen molar-refractivity contribution in [3.05, 3.63) is 93.9 Å². The minimum absolute atomic E-state index is 0.0532. The van der Waals surface area contributed by atoms with Crippen molar-refractivity contribution < 1.29 is 14.6 Å². The Balaban J connectivity index is 1.77. The van der Waals surface area contributed by atoms with Crippen molar-refractivity contribution >= 4 is 5.91 Å². The van der Waals surface area contributed by atoms with Crippen LogP contribution in [0.5, 0.6) is 5.75 Å². The van der Waals surface area contributed by atoms with Crippen molar-refractivity contribution in [3.8, 4) is 5.75 Å². The normalized spacial score (nSPS) is 20.7. The van der Waals surface area contributed by atoms with Crippen LogP contribution in [-0.4, -0.2) is 51.5 Å². The van der Waals surface area contributed by atoms with Crippen molar-refractivity contribution in [1.82, 2.24) is 14.7 Å². The average Bonchev–Trinajstić information content (AvgIpc) is 2.80. The standard InChI is InChI=1S/C23H21N3O4/c27-18-13-24-26-20(17-14-30-12-11-25(17)23(29)21(26)22(18)28)19(15-7-3-1-4-8-15)16-9-5-2-6-10-16/h1-10,13,17,19-20,28H,11-12,14H2/t17-,20+/m1/s1. The molecule has 152 valence electrons. The molecule has 5 rings (SSSR count). The summed E-state index contributed by atoms with van der Waals surface area (Å²) in [6.07, 6.45) is 1.07. The number of fused-ring (bicyclic) bond motifs is 2. The Morgan fingerprint density at radius 1 is 1.00 bits per heavy atom. The monoisotopic (exact) mass is 403 g/mol. The lowest BCUT2D eigenvalue weighted by Crippen LogP contribution is -2.58. The Kier molecular flexibility index (Phi) is 4.59. The highest BCUT2D eigenvalue weighted by atomic mass is 16.5. The number of morpholine rings is 1. The SMILES string of the molecule is O=C1c2c(O)c(=O)cnn2[C@H](C(c2ccccc2)c2ccccc2)[C@H]2COCCN12. The van der Waals surface area contributed by atoms with Gasteiger partial charge in [0.25, 0.3) is 5.91 Å². The molecule has 0 radical (unpaired) electrons. The molecule has 2 aromatic carbocycles. The van der Waals surface area contributed by atoms with E-state index in [0.717, 1.165) is 17.3 Å². The minimum atomic E-state index is -0.656. The summed E-state index contributed by atoms with van der Waals surface area (Å²) in [5.41, 5.74) is 1.40. The third-order valence-electron chi connectivity index (χ3n) is 5.95. The van der Waals surface area contributed by atoms with E-state index >= 15 is 0 Å². The predicted molar refractivity (Wildman–Crippen MR) is 110 cm³/mol. The topological polar surface area (TPSA) is 84.7 Å². The summed E-state index contributed by atoms with van der Waals surface area (Å²) >= 11 is 0. The molecule has 2 atom stereocenters. The van der Waals surface area contributed by atoms with Gasteiger partial charge in [-0.25, -0.2) is 4.68 Å². The lowest BCUT2D eigenvalue weighted by molar-refractivity contribution is -0.0322. The molecule has 1 aromatic heterocycles. The molecule has 0 unspecified atom stereocenters. The van der Waals surface area contributed by atoms with Gasteiger partial charge in [0.15, 0.2) is 11.4 Å². The molecule has 3 heterocycles. The second kappa shape index (κ2) is 7.42. The minimum Gasteiger partial charge on any atom is -0.502 e. The Morgan fingerprint density at radius 2 is 1.63 bits per heavy atom. The third kappa shape index (κ3) is 2.90. The molecule has 30 heavy (non-hydrogen) atoms. The first-order valence-corrected chi connectivity index (χ1v) is 9.96. The van der Waals surface area contributed by atoms with Gasteiger partial charge in [-0.3, -0.25) is 9.59 Å². The van der Waals surface area contributed by atoms with Crippen LogP contribution < -0.4 is 5.43 Å². The Labute approximate surface area is 173 Å². The van der Waals surface area contributed by atoms with Crippen LogP contribution in [0.4, 0.5) is 0 Å². The molecule has 0 spiro atoms. The molecular formula is C23H21N3O4. The second-order valence-electron chi connectivity index (χ2n) is 7.58. The van der Waals surface area contributed by atoms with Gasteiger partial charge in [-0.15, -0.1) is 0 Å². The number of nitrogens with zero attached hydrogens (tertiary/aromatic N) is 3. The number of carbonyl (C=O) groups excluding carboxylic acids is 1. The molecule has 1 fully saturated rings. The zero-order valence-corrected chi connectivity index (χ0v) is 16.2. The number of hydrogen-bond acceptors (Lipinski definition) is 5. The number of hydrogen-bond donors (Lipinski definition) is 1. The van der Waals surface area contributed by atoms with Crippen molar-refractivity contribution in [3.63, 3.8) is 0 Å². The van der Waals surface area contributed by atoms with Crippen LogP contribution in [-0.2, 0) is 4.74 Å². The van der Waals surface area contributed by atoms with E-state index in [0.29, 0.717) is 19.8 Å². The van der Waals surface area contributed by atoms with E-state index in [1.165, 1.54) is 4.68 Å². The maximum Gasteiger partial charge on any atom is 0.276 e. The maximum atomic E-state index is 13.2. The van der Waals surface area contributed by atoms with E-state index in [1.54, 1.807) is 4.90 Å². The van der Waals surface area contributed by atoms with Gasteiger partial charge < -0.3 is 14.7 Å². The molecule has 0 bridgehead atoms. The van der Waals surface area contributed by atoms with Gasteiger partial charge in [0.05, 0.1) is 31.5 Å². The highest BCUT2D eigenvalue weighted by Gasteiger charge is 2.47. The largest absolute Gasteiger partial charge is 0.502 e. The Bertz CT molecular complexity index is 1090. The number of aromatic nitrogens is 2. The molecule has 7 nitrogen and oxygen atoms in total. The van der Waals surface area contributed by atoms with Crippen molar-refractivity contribution in [2.75, 3.05) is 19.8 Å². The van der Waals surface area contributed by atoms with Crippen LogP contribution in [0.15, 0.2) is 71.7 Å². The molecule has 1 amide bonds. The van der Waals surface area contributed by atoms with Gasteiger partial charge >= 0.3 is 0 Å². The van der Waals surface area contributed by atoms with E-state index in [2.05, 4.69) is 5.10 Å². The lowest BCUT2D eigenvalue weighted by Gasteiger charge is -2.47. The van der Waals surface area contributed by atoms with Crippen LogP contribution >= 0.6 is 0 Å². The van der Waals surface area contributed by atoms with Gasteiger partial charge in [0.2, 0.25) is 5.43 Å².